The van der Waals surface area contributed by atoms with Crippen LogP contribution in [0.5, 0.6) is 0 Å². The van der Waals surface area contributed by atoms with Gasteiger partial charge in [-0.15, -0.1) is 0 Å². The van der Waals surface area contributed by atoms with Crippen LogP contribution in [-0.4, -0.2) is 72.5 Å². The maximum atomic E-state index is 11.5. The van der Waals surface area contributed by atoms with Gasteiger partial charge in [-0.3, -0.25) is 9.69 Å². The molecule has 2 fully saturated rings. The van der Waals surface area contributed by atoms with Gasteiger partial charge < -0.3 is 9.80 Å². The van der Waals surface area contributed by atoms with Gasteiger partial charge in [0.2, 0.25) is 5.91 Å². The molecule has 2 heterocycles. The van der Waals surface area contributed by atoms with Crippen molar-refractivity contribution in [1.29, 1.82) is 0 Å². The van der Waals surface area contributed by atoms with E-state index < -0.39 is 0 Å². The van der Waals surface area contributed by atoms with Gasteiger partial charge in [0.25, 0.3) is 0 Å². The average Bonchev–Trinajstić information content (AvgIpc) is 2.96. The Morgan fingerprint density at radius 3 is 2.46 bits per heavy atom. The molecule has 0 bridgehead atoms. The first-order chi connectivity index (χ1) is 11.6. The molecule has 2 aliphatic heterocycles. The molecule has 1 aromatic carbocycles. The van der Waals surface area contributed by atoms with Gasteiger partial charge in [0.05, 0.1) is 0 Å². The topological polar surface area (TPSA) is 26.8 Å². The predicted octanol–water partition coefficient (Wildman–Crippen LogP) is 2.10. The molecule has 0 N–H and O–H groups in total. The summed E-state index contributed by atoms with van der Waals surface area (Å²) in [5.74, 6) is 0.947. The molecular formula is C20H31N3O. The first-order valence-corrected chi connectivity index (χ1v) is 9.39. The normalized spacial score (nSPS) is 26.0. The monoisotopic (exact) mass is 329 g/mol. The van der Waals surface area contributed by atoms with Crippen LogP contribution < -0.4 is 0 Å². The second-order valence-electron chi connectivity index (χ2n) is 7.44. The standard InChI is InChI=1S/C20H31N3O/c1-17-15-21(10-6-9-19-7-4-3-5-8-19)16-20(17)23-13-11-22(12-14-23)18(2)24/h3-5,7-8,17,20H,6,9-16H2,1-2H3. The summed E-state index contributed by atoms with van der Waals surface area (Å²) in [7, 11) is 0. The lowest BCUT2D eigenvalue weighted by Crippen LogP contribution is -2.53. The van der Waals surface area contributed by atoms with Gasteiger partial charge in [-0.25, -0.2) is 0 Å². The van der Waals surface area contributed by atoms with Gasteiger partial charge in [-0.1, -0.05) is 37.3 Å². The summed E-state index contributed by atoms with van der Waals surface area (Å²) in [5, 5.41) is 0. The summed E-state index contributed by atoms with van der Waals surface area (Å²) in [6.45, 7) is 11.5. The van der Waals surface area contributed by atoms with Crippen molar-refractivity contribution in [2.45, 2.75) is 32.7 Å². The number of likely N-dealkylation sites (tertiary alicyclic amines) is 1. The van der Waals surface area contributed by atoms with Crippen LogP contribution in [0.25, 0.3) is 0 Å². The van der Waals surface area contributed by atoms with E-state index in [1.54, 1.807) is 6.92 Å². The van der Waals surface area contributed by atoms with Crippen LogP contribution in [0.15, 0.2) is 30.3 Å². The molecule has 0 aliphatic carbocycles. The minimum Gasteiger partial charge on any atom is -0.340 e. The summed E-state index contributed by atoms with van der Waals surface area (Å²) in [6, 6.07) is 11.5. The number of benzene rings is 1. The molecule has 0 spiro atoms. The zero-order valence-corrected chi connectivity index (χ0v) is 15.2. The van der Waals surface area contributed by atoms with Crippen molar-refractivity contribution in [1.82, 2.24) is 14.7 Å². The first-order valence-electron chi connectivity index (χ1n) is 9.39. The van der Waals surface area contributed by atoms with Crippen LogP contribution in [0, 0.1) is 5.92 Å². The van der Waals surface area contributed by atoms with E-state index in [2.05, 4.69) is 47.1 Å². The van der Waals surface area contributed by atoms with Crippen molar-refractivity contribution in [3.63, 3.8) is 0 Å². The number of piperazine rings is 1. The fraction of sp³-hybridized carbons (Fsp3) is 0.650. The van der Waals surface area contributed by atoms with E-state index in [1.807, 2.05) is 4.90 Å². The number of hydrogen-bond donors (Lipinski definition) is 0. The Morgan fingerprint density at radius 1 is 1.08 bits per heavy atom. The Bertz CT molecular complexity index is 525. The number of amides is 1. The van der Waals surface area contributed by atoms with Crippen molar-refractivity contribution in [2.24, 2.45) is 5.92 Å². The molecule has 0 aromatic heterocycles. The quantitative estimate of drug-likeness (QED) is 0.828. The lowest BCUT2D eigenvalue weighted by Gasteiger charge is -2.39. The molecule has 2 atom stereocenters. The molecule has 2 saturated heterocycles. The van der Waals surface area contributed by atoms with Crippen molar-refractivity contribution in [2.75, 3.05) is 45.8 Å². The average molecular weight is 329 g/mol. The summed E-state index contributed by atoms with van der Waals surface area (Å²) >= 11 is 0. The summed E-state index contributed by atoms with van der Waals surface area (Å²) in [4.78, 5) is 18.7. The highest BCUT2D eigenvalue weighted by Gasteiger charge is 2.35. The third-order valence-corrected chi connectivity index (χ3v) is 5.66. The van der Waals surface area contributed by atoms with Gasteiger partial charge in [-0.05, 0) is 30.9 Å². The Morgan fingerprint density at radius 2 is 1.79 bits per heavy atom. The molecule has 4 nitrogen and oxygen atoms in total. The van der Waals surface area contributed by atoms with E-state index in [4.69, 9.17) is 0 Å². The van der Waals surface area contributed by atoms with Crippen LogP contribution in [0.3, 0.4) is 0 Å². The molecule has 3 rings (SSSR count). The van der Waals surface area contributed by atoms with Gasteiger partial charge in [0, 0.05) is 52.2 Å². The van der Waals surface area contributed by atoms with E-state index in [0.29, 0.717) is 6.04 Å². The van der Waals surface area contributed by atoms with Gasteiger partial charge in [0.15, 0.2) is 0 Å². The van der Waals surface area contributed by atoms with E-state index in [1.165, 1.54) is 38.0 Å². The molecular weight excluding hydrogens is 298 g/mol. The summed E-state index contributed by atoms with van der Waals surface area (Å²) in [6.07, 6.45) is 2.41. The Labute approximate surface area is 146 Å². The zero-order chi connectivity index (χ0) is 16.9. The number of aryl methyl sites for hydroxylation is 1. The molecule has 24 heavy (non-hydrogen) atoms. The maximum absolute atomic E-state index is 11.5. The van der Waals surface area contributed by atoms with E-state index >= 15 is 0 Å². The number of hydrogen-bond acceptors (Lipinski definition) is 3. The maximum Gasteiger partial charge on any atom is 0.219 e. The van der Waals surface area contributed by atoms with E-state index in [0.717, 1.165) is 32.1 Å². The third-order valence-electron chi connectivity index (χ3n) is 5.66. The van der Waals surface area contributed by atoms with Crippen molar-refractivity contribution in [3.05, 3.63) is 35.9 Å². The van der Waals surface area contributed by atoms with E-state index in [-0.39, 0.29) is 5.91 Å². The highest BCUT2D eigenvalue weighted by molar-refractivity contribution is 5.73. The van der Waals surface area contributed by atoms with Gasteiger partial charge >= 0.3 is 0 Å². The SMILES string of the molecule is CC(=O)N1CCN(C2CN(CCCc3ccccc3)CC2C)CC1. The van der Waals surface area contributed by atoms with Crippen LogP contribution in [-0.2, 0) is 11.2 Å². The molecule has 0 radical (unpaired) electrons. The number of carbonyl (C=O) groups is 1. The van der Waals surface area contributed by atoms with E-state index in [9.17, 15) is 4.79 Å². The Balaban J connectivity index is 1.42. The van der Waals surface area contributed by atoms with Crippen molar-refractivity contribution >= 4 is 5.91 Å². The fourth-order valence-corrected chi connectivity index (χ4v) is 4.23. The van der Waals surface area contributed by atoms with Crippen LogP contribution in [0.2, 0.25) is 0 Å². The van der Waals surface area contributed by atoms with Crippen LogP contribution in [0.1, 0.15) is 25.8 Å². The van der Waals surface area contributed by atoms with Crippen molar-refractivity contribution in [3.8, 4) is 0 Å². The molecule has 2 unspecified atom stereocenters. The molecule has 2 aliphatic rings. The number of rotatable bonds is 5. The highest BCUT2D eigenvalue weighted by Crippen LogP contribution is 2.23. The second kappa shape index (κ2) is 8.13. The smallest absolute Gasteiger partial charge is 0.219 e. The predicted molar refractivity (Wildman–Crippen MR) is 98.0 cm³/mol. The third kappa shape index (κ3) is 4.37. The lowest BCUT2D eigenvalue weighted by atomic mass is 10.0. The fourth-order valence-electron chi connectivity index (χ4n) is 4.23. The second-order valence-corrected chi connectivity index (χ2v) is 7.44. The first kappa shape index (κ1) is 17.4. The number of carbonyl (C=O) groups excluding carboxylic acids is 1. The van der Waals surface area contributed by atoms with Crippen molar-refractivity contribution < 1.29 is 4.79 Å². The molecule has 1 amide bonds. The lowest BCUT2D eigenvalue weighted by molar-refractivity contribution is -0.130. The zero-order valence-electron chi connectivity index (χ0n) is 15.2. The minimum atomic E-state index is 0.219. The summed E-state index contributed by atoms with van der Waals surface area (Å²) < 4.78 is 0. The Hall–Kier alpha value is -1.39. The molecule has 0 saturated carbocycles. The number of nitrogens with zero attached hydrogens (tertiary/aromatic N) is 3. The molecule has 1 aromatic rings. The van der Waals surface area contributed by atoms with Crippen LogP contribution in [0.4, 0.5) is 0 Å². The van der Waals surface area contributed by atoms with Gasteiger partial charge in [-0.2, -0.15) is 0 Å². The van der Waals surface area contributed by atoms with Gasteiger partial charge in [0.1, 0.15) is 0 Å². The van der Waals surface area contributed by atoms with Crippen LogP contribution >= 0.6 is 0 Å². The largest absolute Gasteiger partial charge is 0.340 e. The summed E-state index contributed by atoms with van der Waals surface area (Å²) in [5.41, 5.74) is 1.45. The molecule has 132 valence electrons. The highest BCUT2D eigenvalue weighted by atomic mass is 16.2. The Kier molecular flexibility index (Phi) is 5.90. The minimum absolute atomic E-state index is 0.219. The molecule has 4 heteroatoms.